The van der Waals surface area contributed by atoms with E-state index in [2.05, 4.69) is 5.32 Å². The number of carbonyl (C=O) groups excluding carboxylic acids is 2. The lowest BCUT2D eigenvalue weighted by Gasteiger charge is -2.34. The summed E-state index contributed by atoms with van der Waals surface area (Å²) in [5.74, 6) is 0.131. The Labute approximate surface area is 147 Å². The Balaban J connectivity index is 0.00000288. The van der Waals surface area contributed by atoms with Crippen LogP contribution in [0.25, 0.3) is 0 Å². The number of halogens is 1. The van der Waals surface area contributed by atoms with Crippen molar-refractivity contribution < 1.29 is 19.1 Å². The number of hydrogen-bond acceptors (Lipinski definition) is 5. The second-order valence-corrected chi connectivity index (χ2v) is 5.64. The molecule has 2 rings (SSSR count). The zero-order chi connectivity index (χ0) is 16.7. The maximum atomic E-state index is 12.5. The number of benzene rings is 1. The highest BCUT2D eigenvalue weighted by Gasteiger charge is 2.38. The first kappa shape index (κ1) is 20.2. The monoisotopic (exact) mass is 357 g/mol. The van der Waals surface area contributed by atoms with E-state index in [1.807, 2.05) is 0 Å². The van der Waals surface area contributed by atoms with Gasteiger partial charge in [0.15, 0.2) is 0 Å². The van der Waals surface area contributed by atoms with Crippen LogP contribution in [0.3, 0.4) is 0 Å². The van der Waals surface area contributed by atoms with Crippen molar-refractivity contribution in [3.63, 3.8) is 0 Å². The molecule has 1 aromatic carbocycles. The molecule has 0 aromatic heterocycles. The summed E-state index contributed by atoms with van der Waals surface area (Å²) in [7, 11) is 0. The highest BCUT2D eigenvalue weighted by atomic mass is 35.5. The lowest BCUT2D eigenvalue weighted by Crippen LogP contribution is -2.46. The lowest BCUT2D eigenvalue weighted by atomic mass is 9.79. The van der Waals surface area contributed by atoms with Gasteiger partial charge in [0.25, 0.3) is 0 Å². The molecule has 0 aliphatic carbocycles. The third kappa shape index (κ3) is 5.36. The molecule has 0 unspecified atom stereocenters. The second-order valence-electron chi connectivity index (χ2n) is 5.64. The highest BCUT2D eigenvalue weighted by Crippen LogP contribution is 2.31. The fourth-order valence-electron chi connectivity index (χ4n) is 2.45. The first-order valence-electron chi connectivity index (χ1n) is 7.66. The number of hydrogen-bond donors (Lipinski definition) is 3. The van der Waals surface area contributed by atoms with Crippen molar-refractivity contribution in [2.45, 2.75) is 19.3 Å². The van der Waals surface area contributed by atoms with E-state index in [0.717, 1.165) is 0 Å². The Morgan fingerprint density at radius 3 is 2.38 bits per heavy atom. The maximum Gasteiger partial charge on any atom is 0.232 e. The van der Waals surface area contributed by atoms with Gasteiger partial charge in [0, 0.05) is 25.4 Å². The van der Waals surface area contributed by atoms with Gasteiger partial charge in [-0.2, -0.15) is 0 Å². The number of amides is 2. The smallest absolute Gasteiger partial charge is 0.232 e. The van der Waals surface area contributed by atoms with Gasteiger partial charge in [-0.15, -0.1) is 12.4 Å². The van der Waals surface area contributed by atoms with Gasteiger partial charge in [-0.3, -0.25) is 9.59 Å². The number of carbonyl (C=O) groups is 2. The summed E-state index contributed by atoms with van der Waals surface area (Å²) >= 11 is 0. The molecule has 0 atom stereocenters. The van der Waals surface area contributed by atoms with Crippen molar-refractivity contribution in [3.05, 3.63) is 24.3 Å². The molecular formula is C16H24ClN3O4. The molecule has 0 spiro atoms. The standard InChI is InChI=1S/C16H23N3O4.ClH/c17-11-16(6-9-22-10-7-16)15(21)19-12-1-3-13(4-2-12)23-8-5-14(18)20;/h1-4H,5-11,17H2,(H2,18,20)(H,19,21);1H. The van der Waals surface area contributed by atoms with Gasteiger partial charge in [-0.05, 0) is 37.1 Å². The summed E-state index contributed by atoms with van der Waals surface area (Å²) in [5, 5.41) is 2.90. The van der Waals surface area contributed by atoms with Crippen LogP contribution >= 0.6 is 12.4 Å². The van der Waals surface area contributed by atoms with E-state index in [4.69, 9.17) is 20.9 Å². The average molecular weight is 358 g/mol. The van der Waals surface area contributed by atoms with Crippen LogP contribution in [-0.4, -0.2) is 38.2 Å². The minimum atomic E-state index is -0.561. The SMILES string of the molecule is Cl.NCC1(C(=O)Nc2ccc(OCCC(N)=O)cc2)CCOCC1. The third-order valence-corrected chi connectivity index (χ3v) is 4.05. The molecular weight excluding hydrogens is 334 g/mol. The van der Waals surface area contributed by atoms with Gasteiger partial charge < -0.3 is 26.3 Å². The van der Waals surface area contributed by atoms with Gasteiger partial charge in [-0.1, -0.05) is 0 Å². The fraction of sp³-hybridized carbons (Fsp3) is 0.500. The fourth-order valence-corrected chi connectivity index (χ4v) is 2.45. The number of rotatable bonds is 7. The summed E-state index contributed by atoms with van der Waals surface area (Å²) < 4.78 is 10.7. The number of nitrogens with two attached hydrogens (primary N) is 2. The molecule has 1 fully saturated rings. The number of nitrogens with one attached hydrogen (secondary N) is 1. The maximum absolute atomic E-state index is 12.5. The number of anilines is 1. The molecule has 24 heavy (non-hydrogen) atoms. The van der Waals surface area contributed by atoms with Crippen LogP contribution in [-0.2, 0) is 14.3 Å². The molecule has 8 heteroatoms. The molecule has 1 heterocycles. The normalized spacial score (nSPS) is 15.9. The predicted molar refractivity (Wildman–Crippen MR) is 93.2 cm³/mol. The molecule has 0 bridgehead atoms. The molecule has 1 aliphatic rings. The Morgan fingerprint density at radius 2 is 1.83 bits per heavy atom. The molecule has 1 aromatic rings. The van der Waals surface area contributed by atoms with Crippen molar-refractivity contribution in [2.75, 3.05) is 31.7 Å². The van der Waals surface area contributed by atoms with Crippen molar-refractivity contribution in [1.29, 1.82) is 0 Å². The zero-order valence-corrected chi connectivity index (χ0v) is 14.3. The summed E-state index contributed by atoms with van der Waals surface area (Å²) in [6, 6.07) is 6.97. The Kier molecular flexibility index (Phi) is 7.97. The third-order valence-electron chi connectivity index (χ3n) is 4.05. The van der Waals surface area contributed by atoms with Crippen molar-refractivity contribution >= 4 is 29.9 Å². The average Bonchev–Trinajstić information content (AvgIpc) is 2.56. The zero-order valence-electron chi connectivity index (χ0n) is 13.5. The van der Waals surface area contributed by atoms with Crippen LogP contribution < -0.4 is 21.5 Å². The summed E-state index contributed by atoms with van der Waals surface area (Å²) in [6.45, 7) is 1.64. The summed E-state index contributed by atoms with van der Waals surface area (Å²) in [4.78, 5) is 23.2. The van der Waals surface area contributed by atoms with E-state index in [-0.39, 0.29) is 31.3 Å². The molecule has 7 nitrogen and oxygen atoms in total. The summed E-state index contributed by atoms with van der Waals surface area (Å²) in [5.41, 5.74) is 11.0. The van der Waals surface area contributed by atoms with Crippen LogP contribution in [0.1, 0.15) is 19.3 Å². The molecule has 1 saturated heterocycles. The van der Waals surface area contributed by atoms with E-state index < -0.39 is 11.3 Å². The first-order valence-corrected chi connectivity index (χ1v) is 7.66. The molecule has 5 N–H and O–H groups in total. The second kappa shape index (κ2) is 9.46. The predicted octanol–water partition coefficient (Wildman–Crippen LogP) is 1.06. The number of ether oxygens (including phenoxy) is 2. The van der Waals surface area contributed by atoms with Crippen LogP contribution in [0.15, 0.2) is 24.3 Å². The van der Waals surface area contributed by atoms with Crippen molar-refractivity contribution in [3.8, 4) is 5.75 Å². The van der Waals surface area contributed by atoms with Gasteiger partial charge in [0.05, 0.1) is 18.4 Å². The van der Waals surface area contributed by atoms with Crippen LogP contribution in [0, 0.1) is 5.41 Å². The molecule has 1 aliphatic heterocycles. The molecule has 0 saturated carbocycles. The largest absolute Gasteiger partial charge is 0.493 e. The summed E-state index contributed by atoms with van der Waals surface area (Å²) in [6.07, 6.45) is 1.42. The molecule has 0 radical (unpaired) electrons. The first-order chi connectivity index (χ1) is 11.1. The van der Waals surface area contributed by atoms with E-state index >= 15 is 0 Å². The van der Waals surface area contributed by atoms with E-state index in [1.54, 1.807) is 24.3 Å². The molecule has 2 amide bonds. The van der Waals surface area contributed by atoms with E-state index in [1.165, 1.54) is 0 Å². The quantitative estimate of drug-likeness (QED) is 0.674. The van der Waals surface area contributed by atoms with Gasteiger partial charge >= 0.3 is 0 Å². The van der Waals surface area contributed by atoms with Gasteiger partial charge in [-0.25, -0.2) is 0 Å². The molecule has 134 valence electrons. The minimum Gasteiger partial charge on any atom is -0.493 e. The highest BCUT2D eigenvalue weighted by molar-refractivity contribution is 5.95. The Bertz CT molecular complexity index is 545. The van der Waals surface area contributed by atoms with Gasteiger partial charge in [0.1, 0.15) is 5.75 Å². The van der Waals surface area contributed by atoms with Crippen molar-refractivity contribution in [2.24, 2.45) is 16.9 Å². The lowest BCUT2D eigenvalue weighted by molar-refractivity contribution is -0.130. The van der Waals surface area contributed by atoms with Crippen molar-refractivity contribution in [1.82, 2.24) is 0 Å². The Hall–Kier alpha value is -1.83. The Morgan fingerprint density at radius 1 is 1.21 bits per heavy atom. The van der Waals surface area contributed by atoms with Gasteiger partial charge in [0.2, 0.25) is 11.8 Å². The van der Waals surface area contributed by atoms with Crippen LogP contribution in [0.2, 0.25) is 0 Å². The van der Waals surface area contributed by atoms with E-state index in [9.17, 15) is 9.59 Å². The number of primary amides is 1. The van der Waals surface area contributed by atoms with E-state index in [0.29, 0.717) is 44.0 Å². The topological polar surface area (TPSA) is 117 Å². The van der Waals surface area contributed by atoms with Crippen LogP contribution in [0.5, 0.6) is 5.75 Å². The van der Waals surface area contributed by atoms with Crippen LogP contribution in [0.4, 0.5) is 5.69 Å². The minimum absolute atomic E-state index is 0.